The number of hydrogen-bond acceptors (Lipinski definition) is 4. The molecule has 0 aromatic carbocycles. The van der Waals surface area contributed by atoms with Gasteiger partial charge in [0.15, 0.2) is 0 Å². The van der Waals surface area contributed by atoms with Crippen LogP contribution in [0.1, 0.15) is 13.3 Å². The SMILES string of the molecule is CC(CN1CCOCC1CC(=O)O)C(N)=O. The zero-order valence-corrected chi connectivity index (χ0v) is 9.39. The largest absolute Gasteiger partial charge is 0.481 e. The Balaban J connectivity index is 2.52. The quantitative estimate of drug-likeness (QED) is 0.650. The molecule has 2 atom stereocenters. The average molecular weight is 230 g/mol. The van der Waals surface area contributed by atoms with Crippen molar-refractivity contribution in [2.45, 2.75) is 19.4 Å². The molecule has 0 spiro atoms. The van der Waals surface area contributed by atoms with Crippen LogP contribution < -0.4 is 5.73 Å². The number of primary amides is 1. The van der Waals surface area contributed by atoms with Crippen LogP contribution in [0.4, 0.5) is 0 Å². The third-order valence-corrected chi connectivity index (χ3v) is 2.75. The van der Waals surface area contributed by atoms with Crippen molar-refractivity contribution in [3.8, 4) is 0 Å². The monoisotopic (exact) mass is 230 g/mol. The molecule has 0 saturated carbocycles. The highest BCUT2D eigenvalue weighted by Crippen LogP contribution is 2.12. The molecule has 0 radical (unpaired) electrons. The van der Waals surface area contributed by atoms with Crippen molar-refractivity contribution in [1.82, 2.24) is 4.90 Å². The number of carboxylic acid groups (broad SMARTS) is 1. The van der Waals surface area contributed by atoms with Crippen LogP contribution in [-0.4, -0.2) is 54.2 Å². The summed E-state index contributed by atoms with van der Waals surface area (Å²) in [7, 11) is 0. The smallest absolute Gasteiger partial charge is 0.305 e. The predicted octanol–water partition coefficient (Wildman–Crippen LogP) is -0.717. The second-order valence-corrected chi connectivity index (χ2v) is 4.12. The van der Waals surface area contributed by atoms with Gasteiger partial charge in [0.05, 0.1) is 19.6 Å². The molecule has 1 rings (SSSR count). The lowest BCUT2D eigenvalue weighted by atomic mass is 10.1. The molecule has 3 N–H and O–H groups in total. The van der Waals surface area contributed by atoms with Crippen molar-refractivity contribution in [2.75, 3.05) is 26.3 Å². The Bertz CT molecular complexity index is 270. The van der Waals surface area contributed by atoms with Crippen LogP contribution >= 0.6 is 0 Å². The van der Waals surface area contributed by atoms with E-state index in [2.05, 4.69) is 0 Å². The molecule has 1 fully saturated rings. The molecule has 0 aliphatic carbocycles. The van der Waals surface area contributed by atoms with E-state index in [0.29, 0.717) is 26.3 Å². The molecule has 0 aromatic rings. The number of morpholine rings is 1. The van der Waals surface area contributed by atoms with Gasteiger partial charge in [0.1, 0.15) is 0 Å². The summed E-state index contributed by atoms with van der Waals surface area (Å²) in [5.74, 6) is -1.48. The van der Waals surface area contributed by atoms with Gasteiger partial charge in [-0.05, 0) is 0 Å². The maximum Gasteiger partial charge on any atom is 0.305 e. The predicted molar refractivity (Wildman–Crippen MR) is 56.8 cm³/mol. The van der Waals surface area contributed by atoms with Crippen LogP contribution in [0.15, 0.2) is 0 Å². The molecule has 1 amide bonds. The van der Waals surface area contributed by atoms with Gasteiger partial charge in [-0.3, -0.25) is 14.5 Å². The minimum absolute atomic E-state index is 0.0332. The van der Waals surface area contributed by atoms with Crippen LogP contribution in [0.25, 0.3) is 0 Å². The van der Waals surface area contributed by atoms with Crippen LogP contribution in [0.5, 0.6) is 0 Å². The molecule has 1 saturated heterocycles. The number of amides is 1. The van der Waals surface area contributed by atoms with Crippen LogP contribution in [0, 0.1) is 5.92 Å². The minimum atomic E-state index is -0.854. The zero-order valence-electron chi connectivity index (χ0n) is 9.39. The fourth-order valence-corrected chi connectivity index (χ4v) is 1.76. The Morgan fingerprint density at radius 3 is 2.88 bits per heavy atom. The summed E-state index contributed by atoms with van der Waals surface area (Å²) in [6, 6.07) is -0.159. The first kappa shape index (κ1) is 12.9. The highest BCUT2D eigenvalue weighted by molar-refractivity contribution is 5.76. The van der Waals surface area contributed by atoms with E-state index in [4.69, 9.17) is 15.6 Å². The van der Waals surface area contributed by atoms with Crippen molar-refractivity contribution < 1.29 is 19.4 Å². The van der Waals surface area contributed by atoms with Gasteiger partial charge in [-0.1, -0.05) is 6.92 Å². The summed E-state index contributed by atoms with van der Waals surface area (Å²) in [5, 5.41) is 8.75. The van der Waals surface area contributed by atoms with Crippen molar-refractivity contribution in [1.29, 1.82) is 0 Å². The lowest BCUT2D eigenvalue weighted by Crippen LogP contribution is -2.49. The van der Waals surface area contributed by atoms with E-state index in [0.717, 1.165) is 0 Å². The lowest BCUT2D eigenvalue weighted by Gasteiger charge is -2.35. The van der Waals surface area contributed by atoms with Crippen LogP contribution in [-0.2, 0) is 14.3 Å². The van der Waals surface area contributed by atoms with Crippen LogP contribution in [0.3, 0.4) is 0 Å². The van der Waals surface area contributed by atoms with E-state index in [1.165, 1.54) is 0 Å². The number of aliphatic carboxylic acids is 1. The first-order chi connectivity index (χ1) is 7.50. The Kier molecular flexibility index (Phi) is 4.70. The molecular formula is C10H18N2O4. The normalized spacial score (nSPS) is 23.9. The van der Waals surface area contributed by atoms with Crippen molar-refractivity contribution in [3.63, 3.8) is 0 Å². The second-order valence-electron chi connectivity index (χ2n) is 4.12. The maximum atomic E-state index is 10.9. The Morgan fingerprint density at radius 1 is 1.62 bits per heavy atom. The number of nitrogens with zero attached hydrogens (tertiary/aromatic N) is 1. The average Bonchev–Trinajstić information content (AvgIpc) is 2.20. The standard InChI is InChI=1S/C10H18N2O4/c1-7(10(11)15)5-12-2-3-16-6-8(12)4-9(13)14/h7-8H,2-6H2,1H3,(H2,11,15)(H,13,14). The van der Waals surface area contributed by atoms with Gasteiger partial charge < -0.3 is 15.6 Å². The topological polar surface area (TPSA) is 92.9 Å². The Labute approximate surface area is 94.3 Å². The number of nitrogens with two attached hydrogens (primary N) is 1. The number of carboxylic acids is 1. The van der Waals surface area contributed by atoms with E-state index in [1.807, 2.05) is 4.90 Å². The molecule has 0 bridgehead atoms. The maximum absolute atomic E-state index is 10.9. The van der Waals surface area contributed by atoms with E-state index < -0.39 is 5.97 Å². The summed E-state index contributed by atoms with van der Waals surface area (Å²) in [5.41, 5.74) is 5.19. The van der Waals surface area contributed by atoms with E-state index >= 15 is 0 Å². The molecule has 16 heavy (non-hydrogen) atoms. The zero-order chi connectivity index (χ0) is 12.1. The molecule has 1 heterocycles. The first-order valence-corrected chi connectivity index (χ1v) is 5.33. The first-order valence-electron chi connectivity index (χ1n) is 5.33. The molecule has 2 unspecified atom stereocenters. The summed E-state index contributed by atoms with van der Waals surface area (Å²) in [6.45, 7) is 3.86. The lowest BCUT2D eigenvalue weighted by molar-refractivity contribution is -0.140. The van der Waals surface area contributed by atoms with Gasteiger partial charge in [-0.25, -0.2) is 0 Å². The van der Waals surface area contributed by atoms with Crippen molar-refractivity contribution >= 4 is 11.9 Å². The highest BCUT2D eigenvalue weighted by atomic mass is 16.5. The number of ether oxygens (including phenoxy) is 1. The second kappa shape index (κ2) is 5.81. The van der Waals surface area contributed by atoms with Gasteiger partial charge >= 0.3 is 5.97 Å². The minimum Gasteiger partial charge on any atom is -0.481 e. The summed E-state index contributed by atoms with van der Waals surface area (Å²) in [6.07, 6.45) is 0.0332. The number of carbonyl (C=O) groups is 2. The fraction of sp³-hybridized carbons (Fsp3) is 0.800. The molecule has 1 aliphatic heterocycles. The summed E-state index contributed by atoms with van der Waals surface area (Å²) < 4.78 is 5.23. The van der Waals surface area contributed by atoms with Crippen LogP contribution in [0.2, 0.25) is 0 Å². The van der Waals surface area contributed by atoms with Gasteiger partial charge in [-0.15, -0.1) is 0 Å². The fourth-order valence-electron chi connectivity index (χ4n) is 1.76. The molecule has 0 aromatic heterocycles. The Hall–Kier alpha value is -1.14. The third-order valence-electron chi connectivity index (χ3n) is 2.75. The summed E-state index contributed by atoms with van der Waals surface area (Å²) in [4.78, 5) is 23.6. The van der Waals surface area contributed by atoms with Gasteiger partial charge in [0.25, 0.3) is 0 Å². The molecule has 92 valence electrons. The number of carbonyl (C=O) groups excluding carboxylic acids is 1. The molecular weight excluding hydrogens is 212 g/mol. The number of rotatable bonds is 5. The Morgan fingerprint density at radius 2 is 2.31 bits per heavy atom. The number of hydrogen-bond donors (Lipinski definition) is 2. The van der Waals surface area contributed by atoms with E-state index in [9.17, 15) is 9.59 Å². The summed E-state index contributed by atoms with van der Waals surface area (Å²) >= 11 is 0. The van der Waals surface area contributed by atoms with Gasteiger partial charge in [-0.2, -0.15) is 0 Å². The molecule has 1 aliphatic rings. The molecule has 6 nitrogen and oxygen atoms in total. The molecule has 6 heteroatoms. The van der Waals surface area contributed by atoms with E-state index in [1.54, 1.807) is 6.92 Å². The van der Waals surface area contributed by atoms with Crippen molar-refractivity contribution in [3.05, 3.63) is 0 Å². The highest BCUT2D eigenvalue weighted by Gasteiger charge is 2.27. The van der Waals surface area contributed by atoms with E-state index in [-0.39, 0.29) is 24.3 Å². The van der Waals surface area contributed by atoms with Crippen molar-refractivity contribution in [2.24, 2.45) is 11.7 Å². The van der Waals surface area contributed by atoms with Gasteiger partial charge in [0.2, 0.25) is 5.91 Å². The third kappa shape index (κ3) is 3.79. The van der Waals surface area contributed by atoms with Gasteiger partial charge in [0, 0.05) is 25.0 Å².